The van der Waals surface area contributed by atoms with Crippen molar-refractivity contribution < 1.29 is 0 Å². The number of aromatic nitrogens is 2. The zero-order chi connectivity index (χ0) is 7.40. The van der Waals surface area contributed by atoms with Crippen LogP contribution < -0.4 is 11.1 Å². The van der Waals surface area contributed by atoms with Gasteiger partial charge in [-0.2, -0.15) is 4.98 Å². The van der Waals surface area contributed by atoms with Crippen LogP contribution in [0.3, 0.4) is 0 Å². The van der Waals surface area contributed by atoms with Gasteiger partial charge in [0, 0.05) is 12.7 Å². The number of rotatable bonds is 2. The quantitative estimate of drug-likeness (QED) is 0.624. The smallest absolute Gasteiger partial charge is 0.224 e. The van der Waals surface area contributed by atoms with Gasteiger partial charge in [0.2, 0.25) is 5.95 Å². The Morgan fingerprint density at radius 2 is 2.50 bits per heavy atom. The lowest BCUT2D eigenvalue weighted by Gasteiger charge is -1.99. The molecule has 0 radical (unpaired) electrons. The average Bonchev–Trinajstić information content (AvgIpc) is 1.88. The van der Waals surface area contributed by atoms with Crippen LogP contribution in [0.15, 0.2) is 12.3 Å². The number of nitrogens with zero attached hydrogens (tertiary/aromatic N) is 2. The summed E-state index contributed by atoms with van der Waals surface area (Å²) >= 11 is 0. The maximum absolute atomic E-state index is 5.40. The Bertz CT molecular complexity index is 211. The first-order chi connectivity index (χ1) is 4.83. The van der Waals surface area contributed by atoms with Gasteiger partial charge in [-0.1, -0.05) is 0 Å². The van der Waals surface area contributed by atoms with Gasteiger partial charge in [0.25, 0.3) is 0 Å². The number of hydrogen-bond acceptors (Lipinski definition) is 4. The molecule has 1 aromatic rings. The van der Waals surface area contributed by atoms with E-state index in [1.807, 2.05) is 6.92 Å². The van der Waals surface area contributed by atoms with Gasteiger partial charge in [-0.15, -0.1) is 0 Å². The highest BCUT2D eigenvalue weighted by atomic mass is 15.1. The molecular weight excluding hydrogens is 128 g/mol. The van der Waals surface area contributed by atoms with Crippen LogP contribution in [0.4, 0.5) is 11.8 Å². The molecule has 1 aromatic heterocycles. The molecule has 0 fully saturated rings. The van der Waals surface area contributed by atoms with Gasteiger partial charge in [0.1, 0.15) is 5.82 Å². The maximum atomic E-state index is 5.40. The highest BCUT2D eigenvalue weighted by Gasteiger charge is 1.90. The molecule has 0 saturated heterocycles. The van der Waals surface area contributed by atoms with E-state index in [9.17, 15) is 0 Å². The summed E-state index contributed by atoms with van der Waals surface area (Å²) in [7, 11) is 0. The van der Waals surface area contributed by atoms with Crippen molar-refractivity contribution in [2.24, 2.45) is 0 Å². The molecule has 0 aliphatic carbocycles. The van der Waals surface area contributed by atoms with Gasteiger partial charge in [-0.05, 0) is 13.0 Å². The Labute approximate surface area is 59.5 Å². The molecule has 3 N–H and O–H groups in total. The normalized spacial score (nSPS) is 9.30. The predicted molar refractivity (Wildman–Crippen MR) is 40.6 cm³/mol. The van der Waals surface area contributed by atoms with Gasteiger partial charge in [-0.25, -0.2) is 4.98 Å². The monoisotopic (exact) mass is 138 g/mol. The number of nitrogens with one attached hydrogen (secondary N) is 1. The Balaban J connectivity index is 2.75. The van der Waals surface area contributed by atoms with Crippen LogP contribution in [0.1, 0.15) is 6.92 Å². The topological polar surface area (TPSA) is 63.8 Å². The van der Waals surface area contributed by atoms with Crippen LogP contribution in [-0.2, 0) is 0 Å². The molecule has 10 heavy (non-hydrogen) atoms. The Kier molecular flexibility index (Phi) is 2.04. The van der Waals surface area contributed by atoms with Crippen LogP contribution >= 0.6 is 0 Å². The number of nitrogen functional groups attached to an aromatic ring is 1. The van der Waals surface area contributed by atoms with E-state index < -0.39 is 0 Å². The Morgan fingerprint density at radius 1 is 1.70 bits per heavy atom. The van der Waals surface area contributed by atoms with E-state index in [0.717, 1.165) is 6.54 Å². The number of hydrogen-bond donors (Lipinski definition) is 2. The van der Waals surface area contributed by atoms with Crippen molar-refractivity contribution in [1.29, 1.82) is 0 Å². The molecular formula is C6H10N4. The Hall–Kier alpha value is -1.32. The van der Waals surface area contributed by atoms with Crippen molar-refractivity contribution in [2.45, 2.75) is 6.92 Å². The summed E-state index contributed by atoms with van der Waals surface area (Å²) < 4.78 is 0. The molecule has 0 unspecified atom stereocenters. The molecule has 54 valence electrons. The van der Waals surface area contributed by atoms with E-state index in [1.54, 1.807) is 12.3 Å². The van der Waals surface area contributed by atoms with E-state index >= 15 is 0 Å². The first-order valence-electron chi connectivity index (χ1n) is 3.15. The zero-order valence-electron chi connectivity index (χ0n) is 5.83. The summed E-state index contributed by atoms with van der Waals surface area (Å²) in [5, 5.41) is 2.95. The highest BCUT2D eigenvalue weighted by Crippen LogP contribution is 1.99. The molecule has 4 heteroatoms. The van der Waals surface area contributed by atoms with Crippen molar-refractivity contribution >= 4 is 11.8 Å². The van der Waals surface area contributed by atoms with Crippen LogP contribution in [-0.4, -0.2) is 16.5 Å². The lowest BCUT2D eigenvalue weighted by molar-refractivity contribution is 1.09. The van der Waals surface area contributed by atoms with Gasteiger partial charge in [0.15, 0.2) is 0 Å². The molecule has 4 nitrogen and oxygen atoms in total. The molecule has 0 aromatic carbocycles. The first-order valence-corrected chi connectivity index (χ1v) is 3.15. The summed E-state index contributed by atoms with van der Waals surface area (Å²) in [4.78, 5) is 7.85. The molecule has 0 aliphatic heterocycles. The largest absolute Gasteiger partial charge is 0.384 e. The Morgan fingerprint density at radius 3 is 3.10 bits per heavy atom. The summed E-state index contributed by atoms with van der Waals surface area (Å²) in [6, 6.07) is 1.65. The molecule has 0 spiro atoms. The fourth-order valence-electron chi connectivity index (χ4n) is 0.616. The van der Waals surface area contributed by atoms with E-state index in [-0.39, 0.29) is 0 Å². The van der Waals surface area contributed by atoms with Crippen molar-refractivity contribution in [3.63, 3.8) is 0 Å². The van der Waals surface area contributed by atoms with Crippen molar-refractivity contribution in [3.8, 4) is 0 Å². The SMILES string of the molecule is CCNc1nccc(N)n1. The zero-order valence-corrected chi connectivity index (χ0v) is 5.83. The summed E-state index contributed by atoms with van der Waals surface area (Å²) in [5.41, 5.74) is 5.40. The summed E-state index contributed by atoms with van der Waals surface area (Å²) in [6.07, 6.45) is 1.63. The molecule has 0 bridgehead atoms. The van der Waals surface area contributed by atoms with Gasteiger partial charge in [-0.3, -0.25) is 0 Å². The third-order valence-electron chi connectivity index (χ3n) is 1.01. The second-order valence-corrected chi connectivity index (χ2v) is 1.84. The highest BCUT2D eigenvalue weighted by molar-refractivity contribution is 5.34. The molecule has 0 atom stereocenters. The third kappa shape index (κ3) is 1.58. The average molecular weight is 138 g/mol. The van der Waals surface area contributed by atoms with E-state index in [1.165, 1.54) is 0 Å². The lowest BCUT2D eigenvalue weighted by Crippen LogP contribution is -2.02. The minimum absolute atomic E-state index is 0.492. The molecule has 0 saturated carbocycles. The number of anilines is 2. The molecule has 0 amide bonds. The standard InChI is InChI=1S/C6H10N4/c1-2-8-6-9-4-3-5(7)10-6/h3-4H,2H2,1H3,(H3,7,8,9,10). The fourth-order valence-corrected chi connectivity index (χ4v) is 0.616. The van der Waals surface area contributed by atoms with Crippen LogP contribution in [0, 0.1) is 0 Å². The minimum atomic E-state index is 0.492. The lowest BCUT2D eigenvalue weighted by atomic mass is 10.6. The summed E-state index contributed by atoms with van der Waals surface area (Å²) in [6.45, 7) is 2.79. The second kappa shape index (κ2) is 3.00. The molecule has 1 rings (SSSR count). The fraction of sp³-hybridized carbons (Fsp3) is 0.333. The predicted octanol–water partition coefficient (Wildman–Crippen LogP) is 0.491. The van der Waals surface area contributed by atoms with Crippen molar-refractivity contribution in [1.82, 2.24) is 9.97 Å². The maximum Gasteiger partial charge on any atom is 0.224 e. The van der Waals surface area contributed by atoms with Crippen molar-refractivity contribution in [3.05, 3.63) is 12.3 Å². The van der Waals surface area contributed by atoms with Gasteiger partial charge in [0.05, 0.1) is 0 Å². The van der Waals surface area contributed by atoms with Gasteiger partial charge >= 0.3 is 0 Å². The van der Waals surface area contributed by atoms with Crippen LogP contribution in [0.5, 0.6) is 0 Å². The van der Waals surface area contributed by atoms with E-state index in [2.05, 4.69) is 15.3 Å². The second-order valence-electron chi connectivity index (χ2n) is 1.84. The molecule has 1 heterocycles. The van der Waals surface area contributed by atoms with Crippen molar-refractivity contribution in [2.75, 3.05) is 17.6 Å². The molecule has 0 aliphatic rings. The number of nitrogens with two attached hydrogens (primary N) is 1. The summed E-state index contributed by atoms with van der Waals surface area (Å²) in [5.74, 6) is 1.08. The van der Waals surface area contributed by atoms with Crippen LogP contribution in [0.25, 0.3) is 0 Å². The minimum Gasteiger partial charge on any atom is -0.384 e. The van der Waals surface area contributed by atoms with E-state index in [0.29, 0.717) is 11.8 Å². The van der Waals surface area contributed by atoms with E-state index in [4.69, 9.17) is 5.73 Å². The third-order valence-corrected chi connectivity index (χ3v) is 1.01. The van der Waals surface area contributed by atoms with Gasteiger partial charge < -0.3 is 11.1 Å². The first kappa shape index (κ1) is 6.80. The van der Waals surface area contributed by atoms with Crippen LogP contribution in [0.2, 0.25) is 0 Å².